The number of halogens is 2. The van der Waals surface area contributed by atoms with Gasteiger partial charge >= 0.3 is 0 Å². The summed E-state index contributed by atoms with van der Waals surface area (Å²) in [5.41, 5.74) is -0.179. The molecule has 1 aromatic carbocycles. The molecule has 0 radical (unpaired) electrons. The smallest absolute Gasteiger partial charge is 0.234 e. The van der Waals surface area contributed by atoms with Crippen LogP contribution in [0.1, 0.15) is 6.92 Å². The summed E-state index contributed by atoms with van der Waals surface area (Å²) in [6.07, 6.45) is 0. The summed E-state index contributed by atoms with van der Waals surface area (Å²) in [6, 6.07) is 6.80. The molecule has 3 rings (SSSR count). The lowest BCUT2D eigenvalue weighted by Gasteiger charge is -2.07. The zero-order valence-corrected chi connectivity index (χ0v) is 14.8. The Labute approximate surface area is 151 Å². The Bertz CT molecular complexity index is 880. The number of thiophene rings is 1. The summed E-state index contributed by atoms with van der Waals surface area (Å²) in [5.74, 6) is -0.986. The fourth-order valence-electron chi connectivity index (χ4n) is 2.18. The Morgan fingerprint density at radius 2 is 2.16 bits per heavy atom. The number of anilines is 1. The fourth-order valence-corrected chi connectivity index (χ4v) is 3.70. The molecule has 25 heavy (non-hydrogen) atoms. The number of nitrogens with one attached hydrogen (secondary N) is 1. The maximum atomic E-state index is 13.6. The van der Waals surface area contributed by atoms with Crippen molar-refractivity contribution in [1.82, 2.24) is 14.8 Å². The van der Waals surface area contributed by atoms with Crippen LogP contribution in [0, 0.1) is 11.6 Å². The van der Waals surface area contributed by atoms with E-state index in [0.29, 0.717) is 11.7 Å². The third-order valence-corrected chi connectivity index (χ3v) is 5.14. The zero-order valence-electron chi connectivity index (χ0n) is 13.2. The van der Waals surface area contributed by atoms with Crippen LogP contribution in [0.2, 0.25) is 0 Å². The number of carbonyl (C=O) groups excluding carboxylic acids is 1. The molecule has 0 spiro atoms. The Morgan fingerprint density at radius 1 is 1.32 bits per heavy atom. The summed E-state index contributed by atoms with van der Waals surface area (Å²) < 4.78 is 28.6. The maximum absolute atomic E-state index is 13.6. The molecule has 0 saturated heterocycles. The lowest BCUT2D eigenvalue weighted by atomic mass is 10.3. The van der Waals surface area contributed by atoms with Gasteiger partial charge in [0.2, 0.25) is 5.91 Å². The minimum Gasteiger partial charge on any atom is -0.323 e. The summed E-state index contributed by atoms with van der Waals surface area (Å²) >= 11 is 2.75. The van der Waals surface area contributed by atoms with Gasteiger partial charge in [-0.2, -0.15) is 0 Å². The van der Waals surface area contributed by atoms with Crippen LogP contribution >= 0.6 is 23.1 Å². The summed E-state index contributed by atoms with van der Waals surface area (Å²) in [6.45, 7) is 2.62. The van der Waals surface area contributed by atoms with Crippen LogP contribution in [0.25, 0.3) is 10.7 Å². The minimum atomic E-state index is -0.684. The van der Waals surface area contributed by atoms with Gasteiger partial charge in [-0.1, -0.05) is 17.8 Å². The van der Waals surface area contributed by atoms with E-state index in [0.717, 1.165) is 28.9 Å². The second-order valence-corrected chi connectivity index (χ2v) is 6.88. The fraction of sp³-hybridized carbons (Fsp3) is 0.188. The van der Waals surface area contributed by atoms with E-state index in [1.807, 2.05) is 29.0 Å². The van der Waals surface area contributed by atoms with Crippen LogP contribution in [0.3, 0.4) is 0 Å². The normalized spacial score (nSPS) is 10.8. The van der Waals surface area contributed by atoms with Crippen molar-refractivity contribution >= 4 is 34.7 Å². The second-order valence-electron chi connectivity index (χ2n) is 4.99. The van der Waals surface area contributed by atoms with E-state index in [2.05, 4.69) is 15.5 Å². The third kappa shape index (κ3) is 4.05. The van der Waals surface area contributed by atoms with Crippen molar-refractivity contribution in [2.75, 3.05) is 11.1 Å². The van der Waals surface area contributed by atoms with Crippen molar-refractivity contribution in [1.29, 1.82) is 0 Å². The molecule has 2 heterocycles. The van der Waals surface area contributed by atoms with Gasteiger partial charge in [-0.3, -0.25) is 4.79 Å². The Balaban J connectivity index is 1.67. The molecular weight excluding hydrogens is 366 g/mol. The van der Waals surface area contributed by atoms with Gasteiger partial charge in [0.15, 0.2) is 11.0 Å². The molecule has 3 aromatic rings. The van der Waals surface area contributed by atoms with Crippen LogP contribution in [0.4, 0.5) is 14.5 Å². The average Bonchev–Trinajstić information content (AvgIpc) is 3.24. The first-order valence-electron chi connectivity index (χ1n) is 7.43. The van der Waals surface area contributed by atoms with E-state index in [9.17, 15) is 13.6 Å². The maximum Gasteiger partial charge on any atom is 0.234 e. The molecule has 1 N–H and O–H groups in total. The molecule has 0 bridgehead atoms. The zero-order chi connectivity index (χ0) is 17.8. The largest absolute Gasteiger partial charge is 0.323 e. The number of thioether (sulfide) groups is 1. The molecule has 2 aromatic heterocycles. The van der Waals surface area contributed by atoms with Gasteiger partial charge in [-0.15, -0.1) is 21.5 Å². The first kappa shape index (κ1) is 17.6. The van der Waals surface area contributed by atoms with Gasteiger partial charge in [-0.05, 0) is 30.5 Å². The number of aromatic nitrogens is 3. The van der Waals surface area contributed by atoms with E-state index in [4.69, 9.17) is 0 Å². The van der Waals surface area contributed by atoms with Crippen molar-refractivity contribution in [3.05, 3.63) is 47.3 Å². The lowest BCUT2D eigenvalue weighted by molar-refractivity contribution is -0.113. The first-order chi connectivity index (χ1) is 12.1. The Hall–Kier alpha value is -2.26. The molecule has 9 heteroatoms. The number of amides is 1. The lowest BCUT2D eigenvalue weighted by Crippen LogP contribution is -2.15. The molecule has 0 aliphatic heterocycles. The van der Waals surface area contributed by atoms with Gasteiger partial charge in [-0.25, -0.2) is 8.78 Å². The van der Waals surface area contributed by atoms with Crippen LogP contribution in [-0.4, -0.2) is 26.4 Å². The van der Waals surface area contributed by atoms with Gasteiger partial charge in [0.05, 0.1) is 16.3 Å². The predicted octanol–water partition coefficient (Wildman–Crippen LogP) is 4.04. The first-order valence-corrected chi connectivity index (χ1v) is 9.29. The number of hydrogen-bond donors (Lipinski definition) is 1. The molecule has 0 atom stereocenters. The van der Waals surface area contributed by atoms with E-state index < -0.39 is 17.5 Å². The molecular formula is C16H14F2N4OS2. The van der Waals surface area contributed by atoms with Crippen molar-refractivity contribution in [2.24, 2.45) is 0 Å². The number of carbonyl (C=O) groups is 1. The van der Waals surface area contributed by atoms with E-state index >= 15 is 0 Å². The quantitative estimate of drug-likeness (QED) is 0.656. The molecule has 0 fully saturated rings. The molecule has 0 saturated carbocycles. The van der Waals surface area contributed by atoms with E-state index in [1.165, 1.54) is 11.8 Å². The van der Waals surface area contributed by atoms with Crippen molar-refractivity contribution in [3.63, 3.8) is 0 Å². The van der Waals surface area contributed by atoms with Crippen LogP contribution in [-0.2, 0) is 11.3 Å². The van der Waals surface area contributed by atoms with E-state index in [1.54, 1.807) is 11.3 Å². The molecule has 0 unspecified atom stereocenters. The standard InChI is InChI=1S/C16H14F2N4OS2/c1-2-22-15(13-4-3-7-24-13)20-21-16(22)25-9-14(23)19-12-8-10(17)5-6-11(12)18/h3-8H,2,9H2,1H3,(H,19,23). The van der Waals surface area contributed by atoms with Gasteiger partial charge in [0.1, 0.15) is 11.6 Å². The monoisotopic (exact) mass is 380 g/mol. The van der Waals surface area contributed by atoms with Gasteiger partial charge in [0, 0.05) is 12.6 Å². The van der Waals surface area contributed by atoms with Crippen LogP contribution < -0.4 is 5.32 Å². The number of benzene rings is 1. The highest BCUT2D eigenvalue weighted by molar-refractivity contribution is 7.99. The van der Waals surface area contributed by atoms with E-state index in [-0.39, 0.29) is 11.4 Å². The average molecular weight is 380 g/mol. The predicted molar refractivity (Wildman–Crippen MR) is 94.7 cm³/mol. The minimum absolute atomic E-state index is 0.0124. The van der Waals surface area contributed by atoms with Crippen LogP contribution in [0.15, 0.2) is 40.9 Å². The van der Waals surface area contributed by atoms with Crippen LogP contribution in [0.5, 0.6) is 0 Å². The molecule has 5 nitrogen and oxygen atoms in total. The van der Waals surface area contributed by atoms with Crippen molar-refractivity contribution in [2.45, 2.75) is 18.6 Å². The third-order valence-electron chi connectivity index (χ3n) is 3.31. The molecule has 130 valence electrons. The topological polar surface area (TPSA) is 59.8 Å². The number of rotatable bonds is 6. The summed E-state index contributed by atoms with van der Waals surface area (Å²) in [4.78, 5) is 13.0. The van der Waals surface area contributed by atoms with Gasteiger partial charge < -0.3 is 9.88 Å². The molecule has 0 aliphatic rings. The highest BCUT2D eigenvalue weighted by Crippen LogP contribution is 2.27. The molecule has 0 aliphatic carbocycles. The van der Waals surface area contributed by atoms with Crippen molar-refractivity contribution < 1.29 is 13.6 Å². The number of nitrogens with zero attached hydrogens (tertiary/aromatic N) is 3. The highest BCUT2D eigenvalue weighted by atomic mass is 32.2. The van der Waals surface area contributed by atoms with Crippen molar-refractivity contribution in [3.8, 4) is 10.7 Å². The number of hydrogen-bond acceptors (Lipinski definition) is 5. The summed E-state index contributed by atoms with van der Waals surface area (Å²) in [7, 11) is 0. The Kier molecular flexibility index (Phi) is 5.44. The SMILES string of the molecule is CCn1c(SCC(=O)Nc2cc(F)ccc2F)nnc1-c1cccs1. The molecule has 1 amide bonds. The van der Waals surface area contributed by atoms with Gasteiger partial charge in [0.25, 0.3) is 0 Å². The highest BCUT2D eigenvalue weighted by Gasteiger charge is 2.16. The Morgan fingerprint density at radius 3 is 2.88 bits per heavy atom. The summed E-state index contributed by atoms with van der Waals surface area (Å²) in [5, 5.41) is 13.2. The second kappa shape index (κ2) is 7.75.